The topological polar surface area (TPSA) is 64.3 Å². The van der Waals surface area contributed by atoms with E-state index in [0.29, 0.717) is 22.1 Å². The van der Waals surface area contributed by atoms with E-state index in [0.717, 1.165) is 5.56 Å². The predicted octanol–water partition coefficient (Wildman–Crippen LogP) is 4.73. The Hall–Kier alpha value is -1.91. The lowest BCUT2D eigenvalue weighted by Crippen LogP contribution is -2.25. The molecular formula is C18H22Cl2N2O2. The Balaban J connectivity index is 0.00000288. The molecule has 0 spiro atoms. The number of ether oxygens (including phenoxy) is 1. The first-order chi connectivity index (χ1) is 10.9. The van der Waals surface area contributed by atoms with E-state index < -0.39 is 0 Å². The molecule has 0 heterocycles. The minimum atomic E-state index is -0.294. The number of amides is 1. The first-order valence-corrected chi connectivity index (χ1v) is 7.80. The van der Waals surface area contributed by atoms with E-state index in [9.17, 15) is 4.79 Å². The highest BCUT2D eigenvalue weighted by molar-refractivity contribution is 6.30. The highest BCUT2D eigenvalue weighted by atomic mass is 35.5. The second-order valence-electron chi connectivity index (χ2n) is 5.72. The summed E-state index contributed by atoms with van der Waals surface area (Å²) in [5.74, 6) is 0.325. The number of carbonyl (C=O) groups excluding carboxylic acids is 1. The zero-order valence-electron chi connectivity index (χ0n) is 13.9. The molecule has 3 N–H and O–H groups in total. The maximum Gasteiger partial charge on any atom is 0.232 e. The summed E-state index contributed by atoms with van der Waals surface area (Å²) in [5, 5.41) is 3.54. The van der Waals surface area contributed by atoms with Crippen LogP contribution >= 0.6 is 24.0 Å². The first-order valence-electron chi connectivity index (χ1n) is 7.42. The molecule has 2 aromatic carbocycles. The Morgan fingerprint density at radius 1 is 1.21 bits per heavy atom. The number of nitrogens with two attached hydrogens (primary N) is 1. The number of nitrogen functional groups attached to an aromatic ring is 1. The monoisotopic (exact) mass is 368 g/mol. The van der Waals surface area contributed by atoms with E-state index >= 15 is 0 Å². The van der Waals surface area contributed by atoms with Gasteiger partial charge >= 0.3 is 0 Å². The average Bonchev–Trinajstić information content (AvgIpc) is 2.47. The van der Waals surface area contributed by atoms with Gasteiger partial charge in [-0.25, -0.2) is 0 Å². The third-order valence-corrected chi connectivity index (χ3v) is 3.89. The molecule has 0 aromatic heterocycles. The van der Waals surface area contributed by atoms with E-state index in [-0.39, 0.29) is 30.2 Å². The maximum atomic E-state index is 12.7. The largest absolute Gasteiger partial charge is 0.495 e. The number of methoxy groups -OCH3 is 1. The van der Waals surface area contributed by atoms with Crippen molar-refractivity contribution in [3.8, 4) is 5.75 Å². The van der Waals surface area contributed by atoms with Gasteiger partial charge < -0.3 is 15.8 Å². The van der Waals surface area contributed by atoms with Crippen molar-refractivity contribution in [2.45, 2.75) is 19.8 Å². The third kappa shape index (κ3) is 4.79. The Morgan fingerprint density at radius 3 is 2.46 bits per heavy atom. The molecular weight excluding hydrogens is 347 g/mol. The highest BCUT2D eigenvalue weighted by Gasteiger charge is 2.24. The van der Waals surface area contributed by atoms with Crippen molar-refractivity contribution in [3.05, 3.63) is 53.1 Å². The van der Waals surface area contributed by atoms with Crippen LogP contribution in [0.2, 0.25) is 5.02 Å². The van der Waals surface area contributed by atoms with Gasteiger partial charge in [-0.15, -0.1) is 12.4 Å². The Kier molecular flexibility index (Phi) is 7.39. The summed E-state index contributed by atoms with van der Waals surface area (Å²) in [4.78, 5) is 12.7. The molecule has 0 saturated heterocycles. The number of hydrogen-bond acceptors (Lipinski definition) is 3. The highest BCUT2D eigenvalue weighted by Crippen LogP contribution is 2.29. The number of hydrogen-bond donors (Lipinski definition) is 2. The van der Waals surface area contributed by atoms with Crippen molar-refractivity contribution < 1.29 is 9.53 Å². The molecule has 24 heavy (non-hydrogen) atoms. The third-order valence-electron chi connectivity index (χ3n) is 3.65. The summed E-state index contributed by atoms with van der Waals surface area (Å²) in [7, 11) is 1.55. The lowest BCUT2D eigenvalue weighted by molar-refractivity contribution is -0.118. The fourth-order valence-corrected chi connectivity index (χ4v) is 2.77. The fraction of sp³-hybridized carbons (Fsp3) is 0.278. The van der Waals surface area contributed by atoms with Crippen LogP contribution in [0.1, 0.15) is 25.3 Å². The summed E-state index contributed by atoms with van der Waals surface area (Å²) >= 11 is 6.05. The van der Waals surface area contributed by atoms with Crippen molar-refractivity contribution >= 4 is 41.3 Å². The van der Waals surface area contributed by atoms with Crippen molar-refractivity contribution in [1.29, 1.82) is 0 Å². The average molecular weight is 369 g/mol. The molecule has 0 aliphatic rings. The van der Waals surface area contributed by atoms with E-state index in [4.69, 9.17) is 22.1 Å². The van der Waals surface area contributed by atoms with Gasteiger partial charge in [0.25, 0.3) is 0 Å². The van der Waals surface area contributed by atoms with E-state index in [2.05, 4.69) is 5.32 Å². The van der Waals surface area contributed by atoms with E-state index in [1.807, 2.05) is 32.0 Å². The van der Waals surface area contributed by atoms with Crippen molar-refractivity contribution in [1.82, 2.24) is 0 Å². The zero-order chi connectivity index (χ0) is 17.0. The molecule has 1 amide bonds. The second kappa shape index (κ2) is 8.81. The van der Waals surface area contributed by atoms with Crippen molar-refractivity contribution in [2.24, 2.45) is 5.92 Å². The minimum absolute atomic E-state index is 0. The lowest BCUT2D eigenvalue weighted by Gasteiger charge is -2.21. The smallest absolute Gasteiger partial charge is 0.232 e. The number of benzene rings is 2. The van der Waals surface area contributed by atoms with Gasteiger partial charge in [0.15, 0.2) is 0 Å². The number of anilines is 2. The van der Waals surface area contributed by atoms with Crippen LogP contribution in [0.5, 0.6) is 5.75 Å². The molecule has 0 aliphatic carbocycles. The summed E-state index contributed by atoms with van der Waals surface area (Å²) in [5.41, 5.74) is 7.90. The molecule has 0 aliphatic heterocycles. The number of rotatable bonds is 5. The van der Waals surface area contributed by atoms with Crippen LogP contribution in [0.3, 0.4) is 0 Å². The van der Waals surface area contributed by atoms with Crippen LogP contribution in [0.4, 0.5) is 11.4 Å². The zero-order valence-corrected chi connectivity index (χ0v) is 15.4. The van der Waals surface area contributed by atoms with Crippen molar-refractivity contribution in [3.63, 3.8) is 0 Å². The van der Waals surface area contributed by atoms with Gasteiger partial charge in [-0.3, -0.25) is 4.79 Å². The quantitative estimate of drug-likeness (QED) is 0.749. The molecule has 130 valence electrons. The number of nitrogens with one attached hydrogen (secondary N) is 1. The van der Waals surface area contributed by atoms with Crippen molar-refractivity contribution in [2.75, 3.05) is 18.2 Å². The molecule has 2 rings (SSSR count). The minimum Gasteiger partial charge on any atom is -0.495 e. The molecule has 0 bridgehead atoms. The normalized spacial score (nSPS) is 11.5. The van der Waals surface area contributed by atoms with Gasteiger partial charge in [-0.05, 0) is 41.8 Å². The molecule has 4 nitrogen and oxygen atoms in total. The van der Waals surface area contributed by atoms with Gasteiger partial charge in [0.2, 0.25) is 5.91 Å². The van der Waals surface area contributed by atoms with Gasteiger partial charge in [0, 0.05) is 10.7 Å². The standard InChI is InChI=1S/C18H21ClN2O2.ClH/c1-11(2)17(12-5-4-6-13(19)9-12)18(22)21-14-7-8-16(23-3)15(20)10-14;/h4-11,17H,20H2,1-3H3,(H,21,22);1H. The van der Waals surface area contributed by atoms with Crippen LogP contribution in [0, 0.1) is 5.92 Å². The van der Waals surface area contributed by atoms with Crippen LogP contribution in [-0.4, -0.2) is 13.0 Å². The van der Waals surface area contributed by atoms with Gasteiger partial charge in [-0.2, -0.15) is 0 Å². The van der Waals surface area contributed by atoms with Gasteiger partial charge in [0.05, 0.1) is 18.7 Å². The molecule has 0 fully saturated rings. The molecule has 2 aromatic rings. The summed E-state index contributed by atoms with van der Waals surface area (Å²) < 4.78 is 5.12. The SMILES string of the molecule is COc1ccc(NC(=O)C(c2cccc(Cl)c2)C(C)C)cc1N.Cl. The lowest BCUT2D eigenvalue weighted by atomic mass is 9.87. The Labute approximate surface area is 153 Å². The van der Waals surface area contributed by atoms with E-state index in [1.54, 1.807) is 31.4 Å². The van der Waals surface area contributed by atoms with E-state index in [1.165, 1.54) is 0 Å². The molecule has 6 heteroatoms. The maximum absolute atomic E-state index is 12.7. The molecule has 1 atom stereocenters. The fourth-order valence-electron chi connectivity index (χ4n) is 2.57. The Bertz CT molecular complexity index is 705. The van der Waals surface area contributed by atoms with Crippen LogP contribution < -0.4 is 15.8 Å². The molecule has 0 saturated carbocycles. The first kappa shape index (κ1) is 20.1. The van der Waals surface area contributed by atoms with Crippen LogP contribution in [0.15, 0.2) is 42.5 Å². The van der Waals surface area contributed by atoms with Crippen LogP contribution in [0.25, 0.3) is 0 Å². The predicted molar refractivity (Wildman–Crippen MR) is 102 cm³/mol. The summed E-state index contributed by atoms with van der Waals surface area (Å²) in [6.07, 6.45) is 0. The molecule has 0 radical (unpaired) electrons. The van der Waals surface area contributed by atoms with Gasteiger partial charge in [0.1, 0.15) is 5.75 Å². The molecule has 1 unspecified atom stereocenters. The summed E-state index contributed by atoms with van der Waals surface area (Å²) in [6.45, 7) is 4.01. The number of halogens is 2. The number of carbonyl (C=O) groups is 1. The second-order valence-corrected chi connectivity index (χ2v) is 6.16. The van der Waals surface area contributed by atoms with Gasteiger partial charge in [-0.1, -0.05) is 37.6 Å². The Morgan fingerprint density at radius 2 is 1.92 bits per heavy atom. The summed E-state index contributed by atoms with van der Waals surface area (Å²) in [6, 6.07) is 12.6. The van der Waals surface area contributed by atoms with Crippen LogP contribution in [-0.2, 0) is 4.79 Å².